The summed E-state index contributed by atoms with van der Waals surface area (Å²) in [5.74, 6) is 2.68. The predicted octanol–water partition coefficient (Wildman–Crippen LogP) is 1.15. The Morgan fingerprint density at radius 2 is 2.53 bits per heavy atom. The van der Waals surface area contributed by atoms with Crippen molar-refractivity contribution in [3.63, 3.8) is 0 Å². The van der Waals surface area contributed by atoms with Crippen molar-refractivity contribution in [2.75, 3.05) is 19.3 Å². The van der Waals surface area contributed by atoms with Gasteiger partial charge in [0.25, 0.3) is 0 Å². The molecule has 0 saturated heterocycles. The molecule has 1 aromatic heterocycles. The maximum absolute atomic E-state index is 5.70. The molecule has 15 heavy (non-hydrogen) atoms. The molecular weight excluding hydrogens is 206 g/mol. The molecule has 0 unspecified atom stereocenters. The fourth-order valence-electron chi connectivity index (χ4n) is 2.03. The number of nitrogens with two attached hydrogens (primary N) is 1. The molecule has 0 fully saturated rings. The van der Waals surface area contributed by atoms with Crippen LogP contribution in [-0.2, 0) is 12.8 Å². The second-order valence-corrected chi connectivity index (χ2v) is 5.05. The SMILES string of the molecule is C#CCN(C)[C@H]1CCc2nc(N)sc2C1. The van der Waals surface area contributed by atoms with Gasteiger partial charge in [-0.3, -0.25) is 4.90 Å². The zero-order valence-electron chi connectivity index (χ0n) is 8.86. The molecule has 3 nitrogen and oxygen atoms in total. The third-order valence-corrected chi connectivity index (χ3v) is 3.84. The summed E-state index contributed by atoms with van der Waals surface area (Å²) in [4.78, 5) is 7.90. The number of nitrogen functional groups attached to an aromatic ring is 1. The number of hydrogen-bond acceptors (Lipinski definition) is 4. The predicted molar refractivity (Wildman–Crippen MR) is 63.8 cm³/mol. The van der Waals surface area contributed by atoms with Crippen LogP contribution in [0.1, 0.15) is 17.0 Å². The monoisotopic (exact) mass is 221 g/mol. The van der Waals surface area contributed by atoms with E-state index >= 15 is 0 Å². The summed E-state index contributed by atoms with van der Waals surface area (Å²) in [6.07, 6.45) is 8.52. The standard InChI is InChI=1S/C11H15N3S/c1-3-6-14(2)8-4-5-9-10(7-8)15-11(12)13-9/h1,8H,4-7H2,2H3,(H2,12,13)/t8-/m0/s1. The first kappa shape index (κ1) is 10.5. The van der Waals surface area contributed by atoms with Crippen LogP contribution in [0.5, 0.6) is 0 Å². The fraction of sp³-hybridized carbons (Fsp3) is 0.545. The average molecular weight is 221 g/mol. The molecule has 0 radical (unpaired) electrons. The van der Waals surface area contributed by atoms with Gasteiger partial charge in [-0.25, -0.2) is 4.98 Å². The molecule has 1 atom stereocenters. The molecule has 0 aliphatic heterocycles. The normalized spacial score (nSPS) is 19.9. The molecule has 2 N–H and O–H groups in total. The van der Waals surface area contributed by atoms with E-state index in [9.17, 15) is 0 Å². The molecular formula is C11H15N3S. The van der Waals surface area contributed by atoms with Gasteiger partial charge in [0.15, 0.2) is 5.13 Å². The lowest BCUT2D eigenvalue weighted by atomic mass is 9.96. The van der Waals surface area contributed by atoms with Crippen LogP contribution in [0.3, 0.4) is 0 Å². The van der Waals surface area contributed by atoms with Crippen LogP contribution in [0, 0.1) is 12.3 Å². The highest BCUT2D eigenvalue weighted by molar-refractivity contribution is 7.15. The molecule has 2 rings (SSSR count). The van der Waals surface area contributed by atoms with Crippen molar-refractivity contribution in [2.45, 2.75) is 25.3 Å². The maximum Gasteiger partial charge on any atom is 0.180 e. The average Bonchev–Trinajstić information content (AvgIpc) is 2.57. The number of aryl methyl sites for hydroxylation is 1. The second kappa shape index (κ2) is 4.21. The lowest BCUT2D eigenvalue weighted by Gasteiger charge is -2.29. The van der Waals surface area contributed by atoms with E-state index in [-0.39, 0.29) is 0 Å². The van der Waals surface area contributed by atoms with Gasteiger partial charge in [-0.2, -0.15) is 0 Å². The van der Waals surface area contributed by atoms with E-state index in [4.69, 9.17) is 12.2 Å². The Balaban J connectivity index is 2.08. The van der Waals surface area contributed by atoms with Crippen LogP contribution in [0.2, 0.25) is 0 Å². The first-order valence-electron chi connectivity index (χ1n) is 5.08. The van der Waals surface area contributed by atoms with Crippen LogP contribution in [0.25, 0.3) is 0 Å². The number of thiazole rings is 1. The molecule has 0 bridgehead atoms. The van der Waals surface area contributed by atoms with Crippen molar-refractivity contribution in [3.05, 3.63) is 10.6 Å². The first-order valence-corrected chi connectivity index (χ1v) is 5.90. The zero-order chi connectivity index (χ0) is 10.8. The van der Waals surface area contributed by atoms with E-state index in [2.05, 4.69) is 22.9 Å². The molecule has 4 heteroatoms. The number of nitrogens with zero attached hydrogens (tertiary/aromatic N) is 2. The van der Waals surface area contributed by atoms with Gasteiger partial charge in [-0.15, -0.1) is 17.8 Å². The Hall–Kier alpha value is -1.05. The van der Waals surface area contributed by atoms with Crippen molar-refractivity contribution in [2.24, 2.45) is 0 Å². The highest BCUT2D eigenvalue weighted by Gasteiger charge is 2.24. The number of rotatable bonds is 2. The summed E-state index contributed by atoms with van der Waals surface area (Å²) in [5.41, 5.74) is 6.90. The number of aromatic nitrogens is 1. The van der Waals surface area contributed by atoms with Crippen LogP contribution >= 0.6 is 11.3 Å². The Morgan fingerprint density at radius 1 is 1.73 bits per heavy atom. The lowest BCUT2D eigenvalue weighted by molar-refractivity contribution is 0.248. The van der Waals surface area contributed by atoms with Crippen molar-refractivity contribution in [1.29, 1.82) is 0 Å². The van der Waals surface area contributed by atoms with Gasteiger partial charge in [-0.1, -0.05) is 5.92 Å². The Bertz CT molecular complexity index is 391. The molecule has 1 aliphatic carbocycles. The van der Waals surface area contributed by atoms with Crippen LogP contribution < -0.4 is 5.73 Å². The highest BCUT2D eigenvalue weighted by atomic mass is 32.1. The lowest BCUT2D eigenvalue weighted by Crippen LogP contribution is -2.36. The van der Waals surface area contributed by atoms with E-state index in [1.807, 2.05) is 0 Å². The third kappa shape index (κ3) is 2.14. The quantitative estimate of drug-likeness (QED) is 0.762. The minimum absolute atomic E-state index is 0.549. The molecule has 0 spiro atoms. The number of anilines is 1. The van der Waals surface area contributed by atoms with Gasteiger partial charge >= 0.3 is 0 Å². The van der Waals surface area contributed by atoms with Crippen molar-refractivity contribution >= 4 is 16.5 Å². The van der Waals surface area contributed by atoms with E-state index in [0.717, 1.165) is 19.3 Å². The summed E-state index contributed by atoms with van der Waals surface area (Å²) in [7, 11) is 2.08. The van der Waals surface area contributed by atoms with Crippen LogP contribution in [-0.4, -0.2) is 29.5 Å². The van der Waals surface area contributed by atoms with Crippen molar-refractivity contribution in [3.8, 4) is 12.3 Å². The third-order valence-electron chi connectivity index (χ3n) is 2.89. The number of hydrogen-bond donors (Lipinski definition) is 1. The van der Waals surface area contributed by atoms with Crippen LogP contribution in [0.15, 0.2) is 0 Å². The van der Waals surface area contributed by atoms with Crippen molar-refractivity contribution in [1.82, 2.24) is 9.88 Å². The number of fused-ring (bicyclic) bond motifs is 1. The van der Waals surface area contributed by atoms with Gasteiger partial charge < -0.3 is 5.73 Å². The van der Waals surface area contributed by atoms with Gasteiger partial charge in [-0.05, 0) is 26.3 Å². The molecule has 0 aromatic carbocycles. The van der Waals surface area contributed by atoms with Gasteiger partial charge in [0.05, 0.1) is 12.2 Å². The summed E-state index contributed by atoms with van der Waals surface area (Å²) >= 11 is 1.62. The fourth-order valence-corrected chi connectivity index (χ4v) is 2.98. The van der Waals surface area contributed by atoms with E-state index in [1.165, 1.54) is 10.6 Å². The van der Waals surface area contributed by atoms with Gasteiger partial charge in [0.2, 0.25) is 0 Å². The smallest absolute Gasteiger partial charge is 0.180 e. The summed E-state index contributed by atoms with van der Waals surface area (Å²) in [6, 6.07) is 0.549. The van der Waals surface area contributed by atoms with Crippen molar-refractivity contribution < 1.29 is 0 Å². The molecule has 1 heterocycles. The second-order valence-electron chi connectivity index (χ2n) is 3.94. The Labute approximate surface area is 94.3 Å². The largest absolute Gasteiger partial charge is 0.375 e. The highest BCUT2D eigenvalue weighted by Crippen LogP contribution is 2.29. The minimum Gasteiger partial charge on any atom is -0.375 e. The van der Waals surface area contributed by atoms with Gasteiger partial charge in [0, 0.05) is 10.9 Å². The molecule has 0 amide bonds. The topological polar surface area (TPSA) is 42.2 Å². The molecule has 80 valence electrons. The minimum atomic E-state index is 0.549. The first-order chi connectivity index (χ1) is 7.20. The molecule has 1 aromatic rings. The van der Waals surface area contributed by atoms with Crippen LogP contribution in [0.4, 0.5) is 5.13 Å². The number of terminal acetylenes is 1. The van der Waals surface area contributed by atoms with Gasteiger partial charge in [0.1, 0.15) is 0 Å². The molecule has 0 saturated carbocycles. The van der Waals surface area contributed by atoms with E-state index in [1.54, 1.807) is 11.3 Å². The molecule has 1 aliphatic rings. The summed E-state index contributed by atoms with van der Waals surface area (Å²) in [5, 5.41) is 0.695. The van der Waals surface area contributed by atoms with E-state index in [0.29, 0.717) is 17.7 Å². The van der Waals surface area contributed by atoms with E-state index < -0.39 is 0 Å². The maximum atomic E-state index is 5.70. The summed E-state index contributed by atoms with van der Waals surface area (Å²) in [6.45, 7) is 0.717. The summed E-state index contributed by atoms with van der Waals surface area (Å²) < 4.78 is 0. The Morgan fingerprint density at radius 3 is 3.27 bits per heavy atom. The Kier molecular flexibility index (Phi) is 2.94. The number of likely N-dealkylation sites (N-methyl/N-ethyl adjacent to an activating group) is 1. The zero-order valence-corrected chi connectivity index (χ0v) is 9.68.